The van der Waals surface area contributed by atoms with E-state index in [0.717, 1.165) is 0 Å². The van der Waals surface area contributed by atoms with E-state index in [4.69, 9.17) is 30.5 Å². The first kappa shape index (κ1) is 23.0. The molecule has 0 fully saturated rings. The van der Waals surface area contributed by atoms with Crippen molar-refractivity contribution in [2.75, 3.05) is 32.8 Å². The number of anilines is 1. The van der Waals surface area contributed by atoms with E-state index >= 15 is 0 Å². The van der Waals surface area contributed by atoms with Gasteiger partial charge >= 0.3 is 5.97 Å². The summed E-state index contributed by atoms with van der Waals surface area (Å²) in [6.45, 7) is 0.880. The third-order valence-electron chi connectivity index (χ3n) is 3.97. The van der Waals surface area contributed by atoms with Crippen molar-refractivity contribution in [3.63, 3.8) is 0 Å². The second kappa shape index (κ2) is 11.1. The Labute approximate surface area is 179 Å². The molecule has 0 atom stereocenters. The molecule has 8 nitrogen and oxygen atoms in total. The molecular weight excluding hydrogens is 414 g/mol. The largest absolute Gasteiger partial charge is 0.495 e. The summed E-state index contributed by atoms with van der Waals surface area (Å²) in [5.74, 6) is -0.199. The molecule has 0 aliphatic heterocycles. The molecule has 0 aromatic heterocycles. The summed E-state index contributed by atoms with van der Waals surface area (Å²) in [6.07, 6.45) is 0.406. The number of Topliss-reactive ketones (excluding diaryl/α,β-unsaturated/α-hetero) is 1. The minimum atomic E-state index is -0.723. The highest BCUT2D eigenvalue weighted by Gasteiger charge is 2.14. The van der Waals surface area contributed by atoms with Crippen LogP contribution in [0, 0.1) is 0 Å². The van der Waals surface area contributed by atoms with E-state index in [2.05, 4.69) is 5.32 Å². The third-order valence-corrected chi connectivity index (χ3v) is 4.26. The van der Waals surface area contributed by atoms with Crippen LogP contribution in [0.2, 0.25) is 5.02 Å². The first-order chi connectivity index (χ1) is 14.4. The maximum atomic E-state index is 12.1. The van der Waals surface area contributed by atoms with Crippen LogP contribution >= 0.6 is 11.6 Å². The SMILES string of the molecule is CCC(=O)c1ccc(OCC(=O)OCC(=O)Nc2cc(OC)c(Cl)cc2OC)cc1. The van der Waals surface area contributed by atoms with E-state index in [1.54, 1.807) is 31.2 Å². The van der Waals surface area contributed by atoms with Gasteiger partial charge in [0, 0.05) is 24.1 Å². The van der Waals surface area contributed by atoms with Gasteiger partial charge in [0.15, 0.2) is 19.0 Å². The summed E-state index contributed by atoms with van der Waals surface area (Å²) < 4.78 is 20.5. The molecule has 0 saturated carbocycles. The lowest BCUT2D eigenvalue weighted by atomic mass is 10.1. The lowest BCUT2D eigenvalue weighted by molar-refractivity contribution is -0.149. The summed E-state index contributed by atoms with van der Waals surface area (Å²) in [5, 5.41) is 2.88. The molecule has 0 unspecified atom stereocenters. The topological polar surface area (TPSA) is 100 Å². The Morgan fingerprint density at radius 2 is 1.63 bits per heavy atom. The number of ketones is 1. The smallest absolute Gasteiger partial charge is 0.344 e. The minimum Gasteiger partial charge on any atom is -0.495 e. The van der Waals surface area contributed by atoms with Gasteiger partial charge in [0.2, 0.25) is 0 Å². The van der Waals surface area contributed by atoms with Crippen molar-refractivity contribution in [1.82, 2.24) is 0 Å². The zero-order valence-corrected chi connectivity index (χ0v) is 17.6. The van der Waals surface area contributed by atoms with Crippen LogP contribution in [0.3, 0.4) is 0 Å². The van der Waals surface area contributed by atoms with Gasteiger partial charge in [-0.1, -0.05) is 18.5 Å². The van der Waals surface area contributed by atoms with Crippen molar-refractivity contribution in [3.8, 4) is 17.2 Å². The summed E-state index contributed by atoms with van der Waals surface area (Å²) in [4.78, 5) is 35.5. The second-order valence-corrected chi connectivity index (χ2v) is 6.39. The first-order valence-corrected chi connectivity index (χ1v) is 9.38. The molecule has 2 rings (SSSR count). The van der Waals surface area contributed by atoms with Crippen molar-refractivity contribution < 1.29 is 33.3 Å². The van der Waals surface area contributed by atoms with Crippen LogP contribution in [0.1, 0.15) is 23.7 Å². The van der Waals surface area contributed by atoms with Gasteiger partial charge in [-0.05, 0) is 24.3 Å². The molecule has 0 aliphatic rings. The highest BCUT2D eigenvalue weighted by molar-refractivity contribution is 6.32. The minimum absolute atomic E-state index is 0.0157. The molecule has 160 valence electrons. The molecular formula is C21H22ClNO7. The summed E-state index contributed by atoms with van der Waals surface area (Å²) in [7, 11) is 2.87. The number of benzene rings is 2. The lowest BCUT2D eigenvalue weighted by Gasteiger charge is -2.13. The maximum Gasteiger partial charge on any atom is 0.344 e. The van der Waals surface area contributed by atoms with Gasteiger partial charge in [0.25, 0.3) is 5.91 Å². The zero-order valence-electron chi connectivity index (χ0n) is 16.8. The molecule has 2 aromatic rings. The number of amides is 1. The van der Waals surface area contributed by atoms with Crippen molar-refractivity contribution in [1.29, 1.82) is 0 Å². The summed E-state index contributed by atoms with van der Waals surface area (Å²) >= 11 is 6.02. The summed E-state index contributed by atoms with van der Waals surface area (Å²) in [6, 6.07) is 9.40. The molecule has 0 bridgehead atoms. The van der Waals surface area contributed by atoms with E-state index in [0.29, 0.717) is 39.9 Å². The van der Waals surface area contributed by atoms with Crippen molar-refractivity contribution in [3.05, 3.63) is 47.0 Å². The Morgan fingerprint density at radius 1 is 0.967 bits per heavy atom. The van der Waals surface area contributed by atoms with Crippen molar-refractivity contribution >= 4 is 34.9 Å². The molecule has 1 N–H and O–H groups in total. The van der Waals surface area contributed by atoms with Crippen LogP contribution in [-0.2, 0) is 14.3 Å². The van der Waals surface area contributed by atoms with E-state index in [1.807, 2.05) is 0 Å². The standard InChI is InChI=1S/C21H22ClNO7/c1-4-17(24)13-5-7-14(8-6-13)29-12-21(26)30-11-20(25)23-16-10-18(27-2)15(22)9-19(16)28-3/h5-10H,4,11-12H2,1-3H3,(H,23,25). The van der Waals surface area contributed by atoms with Gasteiger partial charge in [-0.25, -0.2) is 4.79 Å². The first-order valence-electron chi connectivity index (χ1n) is 9.01. The molecule has 2 aromatic carbocycles. The normalized spacial score (nSPS) is 10.1. The number of ether oxygens (including phenoxy) is 4. The van der Waals surface area contributed by atoms with Gasteiger partial charge < -0.3 is 24.3 Å². The second-order valence-electron chi connectivity index (χ2n) is 5.99. The van der Waals surface area contributed by atoms with Gasteiger partial charge in [-0.3, -0.25) is 9.59 Å². The quantitative estimate of drug-likeness (QED) is 0.450. The van der Waals surface area contributed by atoms with Gasteiger partial charge in [-0.15, -0.1) is 0 Å². The molecule has 0 spiro atoms. The predicted octanol–water partition coefficient (Wildman–Crippen LogP) is 3.51. The number of carbonyl (C=O) groups is 3. The molecule has 0 radical (unpaired) electrons. The molecule has 9 heteroatoms. The summed E-state index contributed by atoms with van der Waals surface area (Å²) in [5.41, 5.74) is 0.885. The number of rotatable bonds is 10. The number of hydrogen-bond donors (Lipinski definition) is 1. The lowest BCUT2D eigenvalue weighted by Crippen LogP contribution is -2.24. The molecule has 0 saturated heterocycles. The van der Waals surface area contributed by atoms with E-state index in [9.17, 15) is 14.4 Å². The highest BCUT2D eigenvalue weighted by Crippen LogP contribution is 2.35. The molecule has 30 heavy (non-hydrogen) atoms. The average molecular weight is 436 g/mol. The van der Waals surface area contributed by atoms with Gasteiger partial charge in [0.1, 0.15) is 17.2 Å². The van der Waals surface area contributed by atoms with E-state index in [-0.39, 0.29) is 12.4 Å². The number of esters is 1. The maximum absolute atomic E-state index is 12.1. The van der Waals surface area contributed by atoms with Crippen molar-refractivity contribution in [2.24, 2.45) is 0 Å². The van der Waals surface area contributed by atoms with Crippen LogP contribution in [0.25, 0.3) is 0 Å². The Balaban J connectivity index is 1.83. The van der Waals surface area contributed by atoms with Crippen LogP contribution in [0.5, 0.6) is 17.2 Å². The highest BCUT2D eigenvalue weighted by atomic mass is 35.5. The predicted molar refractivity (Wildman–Crippen MR) is 111 cm³/mol. The zero-order chi connectivity index (χ0) is 22.1. The molecule has 0 heterocycles. The number of nitrogens with one attached hydrogen (secondary N) is 1. The Bertz CT molecular complexity index is 912. The molecule has 0 aliphatic carbocycles. The Hall–Kier alpha value is -3.26. The number of halogens is 1. The van der Waals surface area contributed by atoms with Crippen LogP contribution in [0.15, 0.2) is 36.4 Å². The number of hydrogen-bond acceptors (Lipinski definition) is 7. The number of carbonyl (C=O) groups excluding carboxylic acids is 3. The van der Waals surface area contributed by atoms with Crippen LogP contribution in [-0.4, -0.2) is 45.1 Å². The monoisotopic (exact) mass is 435 g/mol. The average Bonchev–Trinajstić information content (AvgIpc) is 2.76. The number of methoxy groups -OCH3 is 2. The van der Waals surface area contributed by atoms with Gasteiger partial charge in [0.05, 0.1) is 24.9 Å². The third kappa shape index (κ3) is 6.38. The van der Waals surface area contributed by atoms with E-state index < -0.39 is 18.5 Å². The van der Waals surface area contributed by atoms with Crippen LogP contribution < -0.4 is 19.5 Å². The fourth-order valence-corrected chi connectivity index (χ4v) is 2.65. The molecule has 1 amide bonds. The fraction of sp³-hybridized carbons (Fsp3) is 0.286. The van der Waals surface area contributed by atoms with Crippen molar-refractivity contribution in [2.45, 2.75) is 13.3 Å². The van der Waals surface area contributed by atoms with Gasteiger partial charge in [-0.2, -0.15) is 0 Å². The van der Waals surface area contributed by atoms with E-state index in [1.165, 1.54) is 26.4 Å². The Morgan fingerprint density at radius 3 is 2.23 bits per heavy atom. The Kier molecular flexibility index (Phi) is 8.49. The van der Waals surface area contributed by atoms with Crippen LogP contribution in [0.4, 0.5) is 5.69 Å². The fourth-order valence-electron chi connectivity index (χ4n) is 2.42.